The highest BCUT2D eigenvalue weighted by atomic mass is 19.4. The number of carbonyl (C=O) groups is 1. The van der Waals surface area contributed by atoms with E-state index in [1.54, 1.807) is 50.7 Å². The monoisotopic (exact) mass is 479 g/mol. The molecule has 0 radical (unpaired) electrons. The molecule has 0 aliphatic heterocycles. The van der Waals surface area contributed by atoms with Crippen molar-refractivity contribution in [3.8, 4) is 5.75 Å². The summed E-state index contributed by atoms with van der Waals surface area (Å²) < 4.78 is 50.4. The normalized spacial score (nSPS) is 12.2. The van der Waals surface area contributed by atoms with Gasteiger partial charge in [-0.05, 0) is 32.8 Å². The number of halogens is 3. The van der Waals surface area contributed by atoms with Crippen LogP contribution < -0.4 is 15.0 Å². The van der Waals surface area contributed by atoms with Gasteiger partial charge in [0.25, 0.3) is 0 Å². The van der Waals surface area contributed by atoms with Crippen LogP contribution in [0.15, 0.2) is 36.5 Å². The number of carbonyl (C=O) groups excluding carboxylic acids is 1. The summed E-state index contributed by atoms with van der Waals surface area (Å²) in [6, 6.07) is 7.25. The molecule has 184 valence electrons. The lowest BCUT2D eigenvalue weighted by Gasteiger charge is -2.28. The van der Waals surface area contributed by atoms with Crippen molar-refractivity contribution in [2.75, 3.05) is 17.3 Å². The van der Waals surface area contributed by atoms with Crippen LogP contribution in [0.25, 0.3) is 5.65 Å². The number of imidazole rings is 1. The third-order valence-corrected chi connectivity index (χ3v) is 4.75. The second-order valence-corrected chi connectivity index (χ2v) is 8.96. The molecule has 0 bridgehead atoms. The van der Waals surface area contributed by atoms with Crippen LogP contribution in [0.4, 0.5) is 29.5 Å². The summed E-state index contributed by atoms with van der Waals surface area (Å²) in [6.07, 6.45) is -3.98. The SMILES string of the molecule is CNc1cc(N(Cc2ccccc2OC(F)(F)F)C(=O)OC(C)(C)C)c2ncc(C(C)C)n2n1. The van der Waals surface area contributed by atoms with E-state index >= 15 is 0 Å². The number of fused-ring (bicyclic) bond motifs is 1. The van der Waals surface area contributed by atoms with Crippen molar-refractivity contribution in [1.82, 2.24) is 14.6 Å². The predicted molar refractivity (Wildman–Crippen MR) is 122 cm³/mol. The van der Waals surface area contributed by atoms with Crippen molar-refractivity contribution < 1.29 is 27.4 Å². The Hall–Kier alpha value is -3.50. The molecule has 1 amide bonds. The van der Waals surface area contributed by atoms with E-state index in [1.807, 2.05) is 13.8 Å². The van der Waals surface area contributed by atoms with Crippen LogP contribution in [-0.4, -0.2) is 39.7 Å². The average Bonchev–Trinajstić information content (AvgIpc) is 3.14. The number of hydrogen-bond donors (Lipinski definition) is 1. The molecule has 0 aliphatic carbocycles. The molecule has 0 saturated heterocycles. The van der Waals surface area contributed by atoms with Gasteiger partial charge < -0.3 is 14.8 Å². The lowest BCUT2D eigenvalue weighted by Crippen LogP contribution is -2.37. The molecule has 3 rings (SSSR count). The zero-order chi connectivity index (χ0) is 25.3. The molecule has 1 N–H and O–H groups in total. The minimum Gasteiger partial charge on any atom is -0.443 e. The van der Waals surface area contributed by atoms with Crippen molar-refractivity contribution in [2.45, 2.75) is 59.0 Å². The Balaban J connectivity index is 2.18. The maximum atomic E-state index is 13.3. The highest BCUT2D eigenvalue weighted by Crippen LogP contribution is 2.32. The van der Waals surface area contributed by atoms with Crippen molar-refractivity contribution >= 4 is 23.2 Å². The molecule has 0 fully saturated rings. The van der Waals surface area contributed by atoms with Crippen molar-refractivity contribution in [3.63, 3.8) is 0 Å². The minimum absolute atomic E-state index is 0.0818. The molecular weight excluding hydrogens is 451 g/mol. The minimum atomic E-state index is -4.88. The molecule has 11 heteroatoms. The maximum Gasteiger partial charge on any atom is 0.573 e. The Morgan fingerprint density at radius 2 is 1.88 bits per heavy atom. The number of ether oxygens (including phenoxy) is 2. The van der Waals surface area contributed by atoms with Crippen molar-refractivity contribution in [3.05, 3.63) is 47.8 Å². The number of nitrogens with one attached hydrogen (secondary N) is 1. The number of para-hydroxylation sites is 1. The van der Waals surface area contributed by atoms with Crippen LogP contribution in [0.5, 0.6) is 5.75 Å². The number of nitrogens with zero attached hydrogens (tertiary/aromatic N) is 4. The second-order valence-electron chi connectivity index (χ2n) is 8.96. The van der Waals surface area contributed by atoms with Gasteiger partial charge in [0.15, 0.2) is 5.65 Å². The zero-order valence-electron chi connectivity index (χ0n) is 19.9. The third-order valence-electron chi connectivity index (χ3n) is 4.75. The highest BCUT2D eigenvalue weighted by molar-refractivity contribution is 5.93. The second kappa shape index (κ2) is 9.40. The maximum absolute atomic E-state index is 13.3. The molecule has 1 aromatic carbocycles. The fourth-order valence-corrected chi connectivity index (χ4v) is 3.28. The molecule has 2 aromatic heterocycles. The van der Waals surface area contributed by atoms with E-state index in [2.05, 4.69) is 20.1 Å². The van der Waals surface area contributed by atoms with Gasteiger partial charge in [-0.25, -0.2) is 14.3 Å². The first kappa shape index (κ1) is 25.1. The van der Waals surface area contributed by atoms with Crippen molar-refractivity contribution in [2.24, 2.45) is 0 Å². The van der Waals surface area contributed by atoms with Gasteiger partial charge in [0.1, 0.15) is 17.2 Å². The number of benzene rings is 1. The van der Waals surface area contributed by atoms with Crippen LogP contribution in [0.3, 0.4) is 0 Å². The lowest BCUT2D eigenvalue weighted by atomic mass is 10.1. The largest absolute Gasteiger partial charge is 0.573 e. The molecular formula is C23H28F3N5O3. The topological polar surface area (TPSA) is 81.0 Å². The molecule has 0 saturated carbocycles. The van der Waals surface area contributed by atoms with Gasteiger partial charge in [-0.15, -0.1) is 18.3 Å². The quantitative estimate of drug-likeness (QED) is 0.486. The number of alkyl halides is 3. The first-order valence-electron chi connectivity index (χ1n) is 10.7. The zero-order valence-corrected chi connectivity index (χ0v) is 19.9. The van der Waals surface area contributed by atoms with E-state index < -0.39 is 23.8 Å². The molecule has 3 aromatic rings. The molecule has 0 atom stereocenters. The first-order valence-corrected chi connectivity index (χ1v) is 10.7. The highest BCUT2D eigenvalue weighted by Gasteiger charge is 2.33. The van der Waals surface area contributed by atoms with E-state index in [0.29, 0.717) is 17.2 Å². The van der Waals surface area contributed by atoms with E-state index in [4.69, 9.17) is 4.74 Å². The predicted octanol–water partition coefficient (Wildman–Crippen LogP) is 5.73. The Morgan fingerprint density at radius 1 is 1.21 bits per heavy atom. The Kier molecular flexibility index (Phi) is 6.94. The smallest absolute Gasteiger partial charge is 0.443 e. The molecule has 0 aliphatic rings. The van der Waals surface area contributed by atoms with Gasteiger partial charge in [0.2, 0.25) is 0 Å². The van der Waals surface area contributed by atoms with E-state index in [-0.39, 0.29) is 18.0 Å². The van der Waals surface area contributed by atoms with Crippen LogP contribution in [0.2, 0.25) is 0 Å². The standard InChI is InChI=1S/C23H28F3N5O3/c1-14(2)17-12-28-20-16(11-19(27-6)29-31(17)20)30(21(32)34-22(3,4)5)13-15-9-7-8-10-18(15)33-23(24,25)26/h7-12,14H,13H2,1-6H3,(H,27,29). The van der Waals surface area contributed by atoms with Gasteiger partial charge in [-0.2, -0.15) is 0 Å². The lowest BCUT2D eigenvalue weighted by molar-refractivity contribution is -0.274. The van der Waals surface area contributed by atoms with E-state index in [9.17, 15) is 18.0 Å². The number of hydrogen-bond acceptors (Lipinski definition) is 6. The summed E-state index contributed by atoms with van der Waals surface area (Å²) in [7, 11) is 1.67. The number of rotatable bonds is 6. The molecule has 34 heavy (non-hydrogen) atoms. The Bertz CT molecular complexity index is 1170. The summed E-state index contributed by atoms with van der Waals surface area (Å²) in [5.41, 5.74) is 0.788. The number of aromatic nitrogens is 3. The van der Waals surface area contributed by atoms with E-state index in [1.165, 1.54) is 23.1 Å². The summed E-state index contributed by atoms with van der Waals surface area (Å²) in [5.74, 6) is 0.114. The fraction of sp³-hybridized carbons (Fsp3) is 0.435. The Morgan fingerprint density at radius 3 is 2.47 bits per heavy atom. The Labute approximate surface area is 195 Å². The number of amides is 1. The number of anilines is 2. The van der Waals surface area contributed by atoms with Gasteiger partial charge in [0.05, 0.1) is 24.1 Å². The summed E-state index contributed by atoms with van der Waals surface area (Å²) in [5, 5.41) is 7.47. The molecule has 8 nitrogen and oxygen atoms in total. The van der Waals surface area contributed by atoms with Crippen LogP contribution >= 0.6 is 0 Å². The fourth-order valence-electron chi connectivity index (χ4n) is 3.28. The van der Waals surface area contributed by atoms with Crippen LogP contribution in [-0.2, 0) is 11.3 Å². The summed E-state index contributed by atoms with van der Waals surface area (Å²) >= 11 is 0. The molecule has 0 unspecified atom stereocenters. The average molecular weight is 480 g/mol. The van der Waals surface area contributed by atoms with Crippen LogP contribution in [0.1, 0.15) is 51.8 Å². The van der Waals surface area contributed by atoms with Crippen molar-refractivity contribution in [1.29, 1.82) is 0 Å². The van der Waals surface area contributed by atoms with E-state index in [0.717, 1.165) is 5.69 Å². The van der Waals surface area contributed by atoms with Gasteiger partial charge in [-0.1, -0.05) is 32.0 Å². The third kappa shape index (κ3) is 5.89. The summed E-state index contributed by atoms with van der Waals surface area (Å²) in [4.78, 5) is 19.0. The molecule has 0 spiro atoms. The van der Waals surface area contributed by atoms with Gasteiger partial charge in [-0.3, -0.25) is 4.90 Å². The first-order chi connectivity index (χ1) is 15.8. The molecule has 2 heterocycles. The van der Waals surface area contributed by atoms with Crippen LogP contribution in [0, 0.1) is 0 Å². The van der Waals surface area contributed by atoms with Gasteiger partial charge >= 0.3 is 12.5 Å². The van der Waals surface area contributed by atoms with Gasteiger partial charge in [0, 0.05) is 18.7 Å². The summed E-state index contributed by atoms with van der Waals surface area (Å²) in [6.45, 7) is 8.82.